The first kappa shape index (κ1) is 11.8. The van der Waals surface area contributed by atoms with Gasteiger partial charge in [-0.15, -0.1) is 0 Å². The predicted molar refractivity (Wildman–Crippen MR) is 71.3 cm³/mol. The van der Waals surface area contributed by atoms with Crippen LogP contribution in [-0.2, 0) is 11.2 Å². The molecule has 0 unspecified atom stereocenters. The van der Waals surface area contributed by atoms with Crippen LogP contribution in [-0.4, -0.2) is 19.4 Å². The normalized spacial score (nSPS) is 10.6. The van der Waals surface area contributed by atoms with Crippen LogP contribution in [0, 0.1) is 6.92 Å². The van der Waals surface area contributed by atoms with Crippen molar-refractivity contribution in [2.24, 2.45) is 0 Å². The maximum absolute atomic E-state index is 10.2. The molecule has 2 nitrogen and oxygen atoms in total. The summed E-state index contributed by atoms with van der Waals surface area (Å²) in [4.78, 5) is 10.2. The van der Waals surface area contributed by atoms with Crippen molar-refractivity contribution in [2.75, 3.05) is 13.1 Å². The van der Waals surface area contributed by atoms with E-state index in [0.717, 1.165) is 19.3 Å². The van der Waals surface area contributed by atoms with Gasteiger partial charge in [-0.05, 0) is 36.2 Å². The van der Waals surface area contributed by atoms with Crippen LogP contribution in [0.4, 0.5) is 0 Å². The molecule has 1 N–H and O–H groups in total. The van der Waals surface area contributed by atoms with Crippen LogP contribution in [0.1, 0.15) is 11.1 Å². The Labute approximate surface area is 102 Å². The van der Waals surface area contributed by atoms with Crippen molar-refractivity contribution >= 4 is 17.1 Å². The second-order valence-electron chi connectivity index (χ2n) is 4.31. The smallest absolute Gasteiger partial charge is 0.133 e. The van der Waals surface area contributed by atoms with Gasteiger partial charge in [-0.2, -0.15) is 0 Å². The molecule has 17 heavy (non-hydrogen) atoms. The predicted octanol–water partition coefficient (Wildman–Crippen LogP) is 2.48. The van der Waals surface area contributed by atoms with Crippen LogP contribution in [0.2, 0.25) is 0 Å². The Morgan fingerprint density at radius 1 is 1.12 bits per heavy atom. The molecule has 88 valence electrons. The summed E-state index contributed by atoms with van der Waals surface area (Å²) in [6.07, 6.45) is 1.85. The number of carbonyl (C=O) groups is 1. The van der Waals surface area contributed by atoms with E-state index in [1.807, 2.05) is 0 Å². The van der Waals surface area contributed by atoms with Crippen molar-refractivity contribution in [1.29, 1.82) is 0 Å². The number of nitrogens with one attached hydrogen (secondary N) is 1. The molecule has 0 bridgehead atoms. The number of aldehydes is 1. The lowest BCUT2D eigenvalue weighted by Gasteiger charge is -2.05. The third kappa shape index (κ3) is 3.14. The van der Waals surface area contributed by atoms with E-state index < -0.39 is 0 Å². The molecule has 2 aromatic rings. The quantitative estimate of drug-likeness (QED) is 0.628. The highest BCUT2D eigenvalue weighted by Crippen LogP contribution is 2.17. The molecule has 0 fully saturated rings. The molecule has 0 atom stereocenters. The summed E-state index contributed by atoms with van der Waals surface area (Å²) >= 11 is 0. The van der Waals surface area contributed by atoms with Crippen LogP contribution >= 0.6 is 0 Å². The number of hydrogen-bond donors (Lipinski definition) is 1. The van der Waals surface area contributed by atoms with Gasteiger partial charge in [0, 0.05) is 0 Å². The highest BCUT2D eigenvalue weighted by Gasteiger charge is 1.97. The van der Waals surface area contributed by atoms with Crippen LogP contribution in [0.25, 0.3) is 10.8 Å². The molecule has 0 aliphatic rings. The fraction of sp³-hybridized carbons (Fsp3) is 0.267. The zero-order chi connectivity index (χ0) is 12.1. The molecule has 0 aromatic heterocycles. The summed E-state index contributed by atoms with van der Waals surface area (Å²) in [6.45, 7) is 3.39. The van der Waals surface area contributed by atoms with E-state index in [1.54, 1.807) is 0 Å². The molecule has 0 radical (unpaired) electrons. The maximum atomic E-state index is 10.2. The van der Waals surface area contributed by atoms with E-state index in [2.05, 4.69) is 48.6 Å². The van der Waals surface area contributed by atoms with E-state index in [9.17, 15) is 4.79 Å². The highest BCUT2D eigenvalue weighted by molar-refractivity contribution is 5.83. The zero-order valence-corrected chi connectivity index (χ0v) is 10.1. The van der Waals surface area contributed by atoms with Crippen molar-refractivity contribution in [3.63, 3.8) is 0 Å². The topological polar surface area (TPSA) is 29.1 Å². The molecule has 0 aliphatic carbocycles. The van der Waals surface area contributed by atoms with Gasteiger partial charge in [0.15, 0.2) is 0 Å². The molecule has 0 aliphatic heterocycles. The van der Waals surface area contributed by atoms with E-state index in [4.69, 9.17) is 0 Å². The summed E-state index contributed by atoms with van der Waals surface area (Å²) in [7, 11) is 0. The Morgan fingerprint density at radius 2 is 1.88 bits per heavy atom. The van der Waals surface area contributed by atoms with Crippen LogP contribution in [0.5, 0.6) is 0 Å². The van der Waals surface area contributed by atoms with E-state index in [0.29, 0.717) is 6.54 Å². The lowest BCUT2D eigenvalue weighted by atomic mass is 10.0. The van der Waals surface area contributed by atoms with Crippen molar-refractivity contribution in [1.82, 2.24) is 5.32 Å². The Hall–Kier alpha value is -1.67. The first-order valence-corrected chi connectivity index (χ1v) is 5.93. The fourth-order valence-corrected chi connectivity index (χ4v) is 1.96. The van der Waals surface area contributed by atoms with Crippen molar-refractivity contribution in [2.45, 2.75) is 13.3 Å². The van der Waals surface area contributed by atoms with Crippen molar-refractivity contribution in [3.05, 3.63) is 47.5 Å². The Kier molecular flexibility index (Phi) is 3.89. The molecule has 0 heterocycles. The van der Waals surface area contributed by atoms with Gasteiger partial charge in [0.05, 0.1) is 6.54 Å². The Balaban J connectivity index is 2.09. The molecule has 2 heteroatoms. The van der Waals surface area contributed by atoms with Gasteiger partial charge in [-0.1, -0.05) is 42.0 Å². The summed E-state index contributed by atoms with van der Waals surface area (Å²) in [6, 6.07) is 13.0. The molecule has 2 rings (SSSR count). The van der Waals surface area contributed by atoms with Gasteiger partial charge in [0.1, 0.15) is 6.29 Å². The Bertz CT molecular complexity index is 519. The first-order valence-electron chi connectivity index (χ1n) is 5.93. The van der Waals surface area contributed by atoms with E-state index in [1.165, 1.54) is 21.9 Å². The van der Waals surface area contributed by atoms with Gasteiger partial charge in [-0.3, -0.25) is 0 Å². The molecule has 0 amide bonds. The largest absolute Gasteiger partial charge is 0.310 e. The third-order valence-corrected chi connectivity index (χ3v) is 2.88. The van der Waals surface area contributed by atoms with Crippen molar-refractivity contribution in [3.8, 4) is 0 Å². The van der Waals surface area contributed by atoms with Crippen molar-refractivity contribution < 1.29 is 4.79 Å². The minimum atomic E-state index is 0.437. The number of aryl methyl sites for hydroxylation is 1. The van der Waals surface area contributed by atoms with Crippen LogP contribution in [0.15, 0.2) is 36.4 Å². The van der Waals surface area contributed by atoms with Gasteiger partial charge in [0.25, 0.3) is 0 Å². The lowest BCUT2D eigenvalue weighted by molar-refractivity contribution is -0.107. The zero-order valence-electron chi connectivity index (χ0n) is 10.1. The highest BCUT2D eigenvalue weighted by atomic mass is 16.1. The molecule has 0 saturated heterocycles. The summed E-state index contributed by atoms with van der Waals surface area (Å²) < 4.78 is 0. The Morgan fingerprint density at radius 3 is 2.71 bits per heavy atom. The van der Waals surface area contributed by atoms with Crippen LogP contribution < -0.4 is 5.32 Å². The number of benzene rings is 2. The van der Waals surface area contributed by atoms with Gasteiger partial charge < -0.3 is 10.1 Å². The first-order chi connectivity index (χ1) is 8.29. The maximum Gasteiger partial charge on any atom is 0.133 e. The molecule has 0 spiro atoms. The van der Waals surface area contributed by atoms with E-state index in [-0.39, 0.29) is 0 Å². The fourth-order valence-electron chi connectivity index (χ4n) is 1.96. The third-order valence-electron chi connectivity index (χ3n) is 2.88. The minimum Gasteiger partial charge on any atom is -0.310 e. The van der Waals surface area contributed by atoms with Gasteiger partial charge >= 0.3 is 0 Å². The molecular weight excluding hydrogens is 210 g/mol. The second kappa shape index (κ2) is 5.60. The second-order valence-corrected chi connectivity index (χ2v) is 4.31. The van der Waals surface area contributed by atoms with E-state index >= 15 is 0 Å². The number of carbonyl (C=O) groups excluding carboxylic acids is 1. The standard InChI is InChI=1S/C15H17NO/c1-12-2-4-15-11-13(3-5-14(15)10-12)6-7-16-8-9-17/h2-5,9-11,16H,6-8H2,1H3. The number of fused-ring (bicyclic) bond motifs is 1. The summed E-state index contributed by atoms with van der Waals surface area (Å²) in [5.41, 5.74) is 2.60. The molecule has 0 saturated carbocycles. The lowest BCUT2D eigenvalue weighted by Crippen LogP contribution is -2.19. The molecular formula is C15H17NO. The minimum absolute atomic E-state index is 0.437. The summed E-state index contributed by atoms with van der Waals surface area (Å²) in [5, 5.41) is 5.64. The average Bonchev–Trinajstić information content (AvgIpc) is 2.35. The van der Waals surface area contributed by atoms with Crippen LogP contribution in [0.3, 0.4) is 0 Å². The SMILES string of the molecule is Cc1ccc2cc(CCNCC=O)ccc2c1. The van der Waals surface area contributed by atoms with Gasteiger partial charge in [0.2, 0.25) is 0 Å². The average molecular weight is 227 g/mol. The molecule has 2 aromatic carbocycles. The van der Waals surface area contributed by atoms with Gasteiger partial charge in [-0.25, -0.2) is 0 Å². The summed E-state index contributed by atoms with van der Waals surface area (Å²) in [5.74, 6) is 0. The monoisotopic (exact) mass is 227 g/mol. The number of rotatable bonds is 5. The number of hydrogen-bond acceptors (Lipinski definition) is 2.